The van der Waals surface area contributed by atoms with Crippen LogP contribution in [0.5, 0.6) is 0 Å². The fourth-order valence-corrected chi connectivity index (χ4v) is 1.45. The van der Waals surface area contributed by atoms with E-state index in [1.165, 1.54) is 0 Å². The lowest BCUT2D eigenvalue weighted by atomic mass is 10.2. The minimum absolute atomic E-state index is 0.588. The Bertz CT molecular complexity index is 338. The van der Waals surface area contributed by atoms with Gasteiger partial charge in [-0.1, -0.05) is 13.8 Å². The lowest BCUT2D eigenvalue weighted by Crippen LogP contribution is -2.17. The monoisotopic (exact) mass is 251 g/mol. The molecule has 1 aromatic rings. The highest BCUT2D eigenvalue weighted by Crippen LogP contribution is 2.06. The molecule has 0 aliphatic carbocycles. The highest BCUT2D eigenvalue weighted by Gasteiger charge is 2.00. The third-order valence-electron chi connectivity index (χ3n) is 2.41. The molecule has 102 valence electrons. The molecule has 0 radical (unpaired) electrons. The van der Waals surface area contributed by atoms with Gasteiger partial charge in [0.05, 0.1) is 0 Å². The first-order valence-corrected chi connectivity index (χ1v) is 6.53. The second kappa shape index (κ2) is 7.87. The largest absolute Gasteiger partial charge is 0.370 e. The van der Waals surface area contributed by atoms with Gasteiger partial charge < -0.3 is 15.5 Å². The lowest BCUT2D eigenvalue weighted by molar-refractivity contribution is 0.405. The molecule has 0 spiro atoms. The van der Waals surface area contributed by atoms with Crippen molar-refractivity contribution in [2.24, 2.45) is 5.92 Å². The molecule has 5 nitrogen and oxygen atoms in total. The molecule has 1 aromatic heterocycles. The predicted octanol–water partition coefficient (Wildman–Crippen LogP) is 1.91. The Hall–Kier alpha value is -1.36. The first-order valence-electron chi connectivity index (χ1n) is 6.53. The molecule has 1 heterocycles. The molecule has 0 saturated carbocycles. The van der Waals surface area contributed by atoms with E-state index in [0.29, 0.717) is 11.9 Å². The number of rotatable bonds is 8. The van der Waals surface area contributed by atoms with E-state index in [0.717, 1.165) is 31.9 Å². The van der Waals surface area contributed by atoms with Crippen molar-refractivity contribution in [3.63, 3.8) is 0 Å². The Morgan fingerprint density at radius 1 is 1.28 bits per heavy atom. The topological polar surface area (TPSA) is 53.1 Å². The zero-order valence-electron chi connectivity index (χ0n) is 11.9. The van der Waals surface area contributed by atoms with Gasteiger partial charge in [0, 0.05) is 19.3 Å². The van der Waals surface area contributed by atoms with Gasteiger partial charge in [-0.3, -0.25) is 0 Å². The van der Waals surface area contributed by atoms with Gasteiger partial charge in [-0.05, 0) is 39.0 Å². The van der Waals surface area contributed by atoms with E-state index in [9.17, 15) is 0 Å². The van der Waals surface area contributed by atoms with Crippen molar-refractivity contribution < 1.29 is 0 Å². The Morgan fingerprint density at radius 2 is 2.06 bits per heavy atom. The average Bonchev–Trinajstić information content (AvgIpc) is 2.32. The molecule has 2 N–H and O–H groups in total. The molecule has 0 atom stereocenters. The zero-order valence-corrected chi connectivity index (χ0v) is 11.9. The minimum atomic E-state index is 0.588. The molecule has 0 saturated heterocycles. The summed E-state index contributed by atoms with van der Waals surface area (Å²) in [4.78, 5) is 10.8. The maximum atomic E-state index is 4.41. The normalized spacial score (nSPS) is 11.0. The Labute approximate surface area is 110 Å². The Kier molecular flexibility index (Phi) is 6.43. The molecule has 0 aromatic carbocycles. The zero-order chi connectivity index (χ0) is 13.4. The van der Waals surface area contributed by atoms with Crippen molar-refractivity contribution in [3.05, 3.63) is 12.3 Å². The number of nitrogens with zero attached hydrogens (tertiary/aromatic N) is 3. The predicted molar refractivity (Wildman–Crippen MR) is 77.0 cm³/mol. The van der Waals surface area contributed by atoms with Crippen LogP contribution in [0, 0.1) is 5.92 Å². The first-order chi connectivity index (χ1) is 8.58. The van der Waals surface area contributed by atoms with Gasteiger partial charge >= 0.3 is 0 Å². The molecular weight excluding hydrogens is 226 g/mol. The summed E-state index contributed by atoms with van der Waals surface area (Å²) in [5, 5.41) is 6.53. The number of nitrogens with one attached hydrogen (secondary N) is 2. The smallest absolute Gasteiger partial charge is 0.224 e. The lowest BCUT2D eigenvalue weighted by Gasteiger charge is -2.11. The SMILES string of the molecule is CC(C)CNc1nccc(NCCCN(C)C)n1. The van der Waals surface area contributed by atoms with Crippen LogP contribution in [0.15, 0.2) is 12.3 Å². The van der Waals surface area contributed by atoms with Gasteiger partial charge in [0.25, 0.3) is 0 Å². The highest BCUT2D eigenvalue weighted by atomic mass is 15.1. The number of hydrogen-bond donors (Lipinski definition) is 2. The third-order valence-corrected chi connectivity index (χ3v) is 2.41. The fourth-order valence-electron chi connectivity index (χ4n) is 1.45. The first kappa shape index (κ1) is 14.7. The summed E-state index contributed by atoms with van der Waals surface area (Å²) < 4.78 is 0. The number of hydrogen-bond acceptors (Lipinski definition) is 5. The van der Waals surface area contributed by atoms with Crippen LogP contribution in [0.1, 0.15) is 20.3 Å². The van der Waals surface area contributed by atoms with Crippen molar-refractivity contribution in [1.29, 1.82) is 0 Å². The molecule has 0 bridgehead atoms. The Balaban J connectivity index is 2.34. The minimum Gasteiger partial charge on any atom is -0.370 e. The van der Waals surface area contributed by atoms with Crippen molar-refractivity contribution >= 4 is 11.8 Å². The van der Waals surface area contributed by atoms with Crippen LogP contribution in [0.4, 0.5) is 11.8 Å². The number of anilines is 2. The molecular formula is C13H25N5. The molecule has 18 heavy (non-hydrogen) atoms. The van der Waals surface area contributed by atoms with Crippen LogP contribution in [0.3, 0.4) is 0 Å². The van der Waals surface area contributed by atoms with E-state index in [-0.39, 0.29) is 0 Å². The molecule has 0 aliphatic rings. The second-order valence-corrected chi connectivity index (χ2v) is 5.12. The molecule has 0 aliphatic heterocycles. The summed E-state index contributed by atoms with van der Waals surface area (Å²) in [6.45, 7) is 7.23. The van der Waals surface area contributed by atoms with Gasteiger partial charge in [0.15, 0.2) is 0 Å². The average molecular weight is 251 g/mol. The van der Waals surface area contributed by atoms with Crippen LogP contribution in [-0.2, 0) is 0 Å². The highest BCUT2D eigenvalue weighted by molar-refractivity contribution is 5.39. The van der Waals surface area contributed by atoms with Crippen molar-refractivity contribution in [1.82, 2.24) is 14.9 Å². The molecule has 0 amide bonds. The van der Waals surface area contributed by atoms with Crippen LogP contribution < -0.4 is 10.6 Å². The van der Waals surface area contributed by atoms with Gasteiger partial charge in [0.2, 0.25) is 5.95 Å². The summed E-state index contributed by atoms with van der Waals surface area (Å²) >= 11 is 0. The van der Waals surface area contributed by atoms with Crippen LogP contribution in [-0.4, -0.2) is 48.6 Å². The molecule has 1 rings (SSSR count). The van der Waals surface area contributed by atoms with E-state index in [4.69, 9.17) is 0 Å². The summed E-state index contributed by atoms with van der Waals surface area (Å²) in [6, 6.07) is 1.90. The van der Waals surface area contributed by atoms with E-state index < -0.39 is 0 Å². The van der Waals surface area contributed by atoms with E-state index in [1.54, 1.807) is 6.20 Å². The van der Waals surface area contributed by atoms with Gasteiger partial charge in [-0.15, -0.1) is 0 Å². The summed E-state index contributed by atoms with van der Waals surface area (Å²) in [6.07, 6.45) is 2.88. The van der Waals surface area contributed by atoms with Gasteiger partial charge in [0.1, 0.15) is 5.82 Å². The summed E-state index contributed by atoms with van der Waals surface area (Å²) in [5.74, 6) is 2.17. The Morgan fingerprint density at radius 3 is 2.72 bits per heavy atom. The molecule has 0 unspecified atom stereocenters. The fraction of sp³-hybridized carbons (Fsp3) is 0.692. The van der Waals surface area contributed by atoms with Crippen LogP contribution in [0.25, 0.3) is 0 Å². The summed E-state index contributed by atoms with van der Waals surface area (Å²) in [7, 11) is 4.16. The van der Waals surface area contributed by atoms with Crippen LogP contribution in [0.2, 0.25) is 0 Å². The van der Waals surface area contributed by atoms with Crippen molar-refractivity contribution in [3.8, 4) is 0 Å². The van der Waals surface area contributed by atoms with Crippen molar-refractivity contribution in [2.75, 3.05) is 44.4 Å². The van der Waals surface area contributed by atoms with E-state index in [1.807, 2.05) is 6.07 Å². The molecule has 5 heteroatoms. The summed E-state index contributed by atoms with van der Waals surface area (Å²) in [5.41, 5.74) is 0. The van der Waals surface area contributed by atoms with Crippen LogP contribution >= 0.6 is 0 Å². The van der Waals surface area contributed by atoms with Gasteiger partial charge in [-0.25, -0.2) is 4.98 Å². The number of aromatic nitrogens is 2. The van der Waals surface area contributed by atoms with E-state index >= 15 is 0 Å². The van der Waals surface area contributed by atoms with Gasteiger partial charge in [-0.2, -0.15) is 4.98 Å². The quantitative estimate of drug-likeness (QED) is 0.691. The standard InChI is InChI=1S/C13H25N5/c1-11(2)10-16-13-15-8-6-12(17-13)14-7-5-9-18(3)4/h6,8,11H,5,7,9-10H2,1-4H3,(H2,14,15,16,17). The molecule has 0 fully saturated rings. The third kappa shape index (κ3) is 6.39. The maximum Gasteiger partial charge on any atom is 0.224 e. The van der Waals surface area contributed by atoms with Crippen molar-refractivity contribution in [2.45, 2.75) is 20.3 Å². The van der Waals surface area contributed by atoms with E-state index in [2.05, 4.69) is 53.4 Å². The maximum absolute atomic E-state index is 4.41. The second-order valence-electron chi connectivity index (χ2n) is 5.12.